The predicted octanol–water partition coefficient (Wildman–Crippen LogP) is 0.181. The number of hydrogen-bond acceptors (Lipinski definition) is 4. The summed E-state index contributed by atoms with van der Waals surface area (Å²) in [7, 11) is 0. The van der Waals surface area contributed by atoms with Gasteiger partial charge in [-0.25, -0.2) is 4.68 Å². The summed E-state index contributed by atoms with van der Waals surface area (Å²) in [6, 6.07) is 6.55. The highest BCUT2D eigenvalue weighted by atomic mass is 16.2. The van der Waals surface area contributed by atoms with Crippen molar-refractivity contribution < 1.29 is 9.59 Å². The lowest BCUT2D eigenvalue weighted by atomic mass is 10.1. The Morgan fingerprint density at radius 3 is 3.00 bits per heavy atom. The van der Waals surface area contributed by atoms with Crippen LogP contribution in [0.3, 0.4) is 0 Å². The van der Waals surface area contributed by atoms with Crippen LogP contribution in [-0.2, 0) is 16.1 Å². The van der Waals surface area contributed by atoms with Gasteiger partial charge in [-0.3, -0.25) is 14.4 Å². The van der Waals surface area contributed by atoms with Crippen molar-refractivity contribution in [1.82, 2.24) is 20.4 Å². The van der Waals surface area contributed by atoms with Crippen molar-refractivity contribution in [2.24, 2.45) is 0 Å². The standard InChI is InChI=1S/C16H18N4O3/c21-14(19-13-7-3-4-8-17-15(13)22)10-20-16(23)12-6-2-1-5-11(12)9-18-20/h1-2,5-6,9,13H,3-4,7-8,10H2,(H,17,22)(H,19,21)/t13-/m0/s1. The fraction of sp³-hybridized carbons (Fsp3) is 0.375. The first-order valence-electron chi connectivity index (χ1n) is 7.67. The van der Waals surface area contributed by atoms with Crippen molar-refractivity contribution >= 4 is 22.6 Å². The van der Waals surface area contributed by atoms with Gasteiger partial charge in [-0.2, -0.15) is 5.10 Å². The molecule has 2 amide bonds. The lowest BCUT2D eigenvalue weighted by Gasteiger charge is -2.15. The molecule has 1 aliphatic heterocycles. The molecule has 2 aromatic rings. The van der Waals surface area contributed by atoms with E-state index in [1.54, 1.807) is 24.4 Å². The molecule has 1 aromatic carbocycles. The number of amides is 2. The van der Waals surface area contributed by atoms with Crippen molar-refractivity contribution in [1.29, 1.82) is 0 Å². The zero-order valence-electron chi connectivity index (χ0n) is 12.6. The third-order valence-electron chi connectivity index (χ3n) is 3.93. The molecule has 1 fully saturated rings. The summed E-state index contributed by atoms with van der Waals surface area (Å²) in [5, 5.41) is 10.7. The van der Waals surface area contributed by atoms with E-state index >= 15 is 0 Å². The molecule has 120 valence electrons. The van der Waals surface area contributed by atoms with Crippen LogP contribution in [0.4, 0.5) is 0 Å². The van der Waals surface area contributed by atoms with Gasteiger partial charge in [0.1, 0.15) is 12.6 Å². The normalized spacial score (nSPS) is 18.3. The number of hydrogen-bond donors (Lipinski definition) is 2. The van der Waals surface area contributed by atoms with Crippen LogP contribution < -0.4 is 16.2 Å². The third kappa shape index (κ3) is 3.39. The molecule has 0 spiro atoms. The zero-order chi connectivity index (χ0) is 16.2. The molecule has 1 saturated heterocycles. The summed E-state index contributed by atoms with van der Waals surface area (Å²) in [6.07, 6.45) is 3.95. The molecule has 3 rings (SSSR count). The van der Waals surface area contributed by atoms with Crippen molar-refractivity contribution in [2.75, 3.05) is 6.54 Å². The van der Waals surface area contributed by atoms with Gasteiger partial charge >= 0.3 is 0 Å². The van der Waals surface area contributed by atoms with Crippen LogP contribution >= 0.6 is 0 Å². The topological polar surface area (TPSA) is 93.1 Å². The minimum absolute atomic E-state index is 0.172. The number of carbonyl (C=O) groups is 2. The molecule has 0 bridgehead atoms. The highest BCUT2D eigenvalue weighted by molar-refractivity contribution is 5.87. The van der Waals surface area contributed by atoms with E-state index in [2.05, 4.69) is 15.7 Å². The molecule has 2 heterocycles. The van der Waals surface area contributed by atoms with Crippen LogP contribution in [-0.4, -0.2) is 34.2 Å². The molecule has 0 unspecified atom stereocenters. The van der Waals surface area contributed by atoms with E-state index in [0.29, 0.717) is 18.4 Å². The SMILES string of the molecule is O=C(Cn1ncc2ccccc2c1=O)N[C@H]1CCCCNC1=O. The number of rotatable bonds is 3. The van der Waals surface area contributed by atoms with E-state index in [0.717, 1.165) is 22.9 Å². The number of nitrogens with zero attached hydrogens (tertiary/aromatic N) is 2. The Labute approximate surface area is 132 Å². The molecule has 1 aromatic heterocycles. The van der Waals surface area contributed by atoms with Gasteiger partial charge in [-0.15, -0.1) is 0 Å². The van der Waals surface area contributed by atoms with Crippen LogP contribution in [0, 0.1) is 0 Å². The Hall–Kier alpha value is -2.70. The van der Waals surface area contributed by atoms with Gasteiger partial charge in [-0.05, 0) is 25.3 Å². The quantitative estimate of drug-likeness (QED) is 0.845. The number of benzene rings is 1. The minimum atomic E-state index is -0.541. The lowest BCUT2D eigenvalue weighted by molar-refractivity contribution is -0.129. The van der Waals surface area contributed by atoms with Crippen LogP contribution in [0.15, 0.2) is 35.3 Å². The molecule has 7 nitrogen and oxygen atoms in total. The number of aromatic nitrogens is 2. The smallest absolute Gasteiger partial charge is 0.275 e. The van der Waals surface area contributed by atoms with Crippen LogP contribution in [0.25, 0.3) is 10.8 Å². The summed E-state index contributed by atoms with van der Waals surface area (Å²) in [4.78, 5) is 36.3. The van der Waals surface area contributed by atoms with Gasteiger partial charge in [-0.1, -0.05) is 18.2 Å². The molecular weight excluding hydrogens is 296 g/mol. The Kier molecular flexibility index (Phi) is 4.36. The van der Waals surface area contributed by atoms with Gasteiger partial charge in [0.2, 0.25) is 11.8 Å². The van der Waals surface area contributed by atoms with Crippen molar-refractivity contribution in [2.45, 2.75) is 31.8 Å². The third-order valence-corrected chi connectivity index (χ3v) is 3.93. The van der Waals surface area contributed by atoms with E-state index in [1.807, 2.05) is 6.07 Å². The maximum Gasteiger partial charge on any atom is 0.275 e. The van der Waals surface area contributed by atoms with Gasteiger partial charge in [0.15, 0.2) is 0 Å². The summed E-state index contributed by atoms with van der Waals surface area (Å²) >= 11 is 0. The second-order valence-corrected chi connectivity index (χ2v) is 5.60. The molecule has 23 heavy (non-hydrogen) atoms. The average molecular weight is 314 g/mol. The fourth-order valence-corrected chi connectivity index (χ4v) is 2.69. The molecule has 0 radical (unpaired) electrons. The summed E-state index contributed by atoms with van der Waals surface area (Å²) in [6.45, 7) is 0.435. The van der Waals surface area contributed by atoms with E-state index < -0.39 is 11.9 Å². The van der Waals surface area contributed by atoms with E-state index in [-0.39, 0.29) is 18.0 Å². The number of carbonyl (C=O) groups excluding carboxylic acids is 2. The van der Waals surface area contributed by atoms with Crippen molar-refractivity contribution in [3.63, 3.8) is 0 Å². The van der Waals surface area contributed by atoms with E-state index in [9.17, 15) is 14.4 Å². The summed E-state index contributed by atoms with van der Waals surface area (Å²) in [5.41, 5.74) is -0.316. The van der Waals surface area contributed by atoms with Gasteiger partial charge in [0.05, 0.1) is 11.6 Å². The lowest BCUT2D eigenvalue weighted by Crippen LogP contribution is -2.47. The summed E-state index contributed by atoms with van der Waals surface area (Å²) in [5.74, 6) is -0.563. The number of nitrogens with one attached hydrogen (secondary N) is 2. The van der Waals surface area contributed by atoms with Crippen LogP contribution in [0.2, 0.25) is 0 Å². The first kappa shape index (κ1) is 15.2. The fourth-order valence-electron chi connectivity index (χ4n) is 2.69. The van der Waals surface area contributed by atoms with Gasteiger partial charge in [0, 0.05) is 11.9 Å². The maximum absolute atomic E-state index is 12.3. The second-order valence-electron chi connectivity index (χ2n) is 5.60. The molecule has 1 aliphatic rings. The van der Waals surface area contributed by atoms with E-state index in [4.69, 9.17) is 0 Å². The first-order valence-corrected chi connectivity index (χ1v) is 7.67. The van der Waals surface area contributed by atoms with Gasteiger partial charge in [0.25, 0.3) is 5.56 Å². The Morgan fingerprint density at radius 2 is 2.13 bits per heavy atom. The van der Waals surface area contributed by atoms with E-state index in [1.165, 1.54) is 0 Å². The molecule has 7 heteroatoms. The first-order chi connectivity index (χ1) is 11.1. The molecular formula is C16H18N4O3. The Morgan fingerprint density at radius 1 is 1.30 bits per heavy atom. The molecule has 0 saturated carbocycles. The highest BCUT2D eigenvalue weighted by Gasteiger charge is 2.22. The maximum atomic E-state index is 12.3. The average Bonchev–Trinajstić information content (AvgIpc) is 2.75. The molecule has 1 atom stereocenters. The monoisotopic (exact) mass is 314 g/mol. The second kappa shape index (κ2) is 6.60. The zero-order valence-corrected chi connectivity index (χ0v) is 12.6. The van der Waals surface area contributed by atoms with Crippen molar-refractivity contribution in [3.05, 3.63) is 40.8 Å². The Balaban J connectivity index is 1.74. The molecule has 0 aliphatic carbocycles. The highest BCUT2D eigenvalue weighted by Crippen LogP contribution is 2.07. The van der Waals surface area contributed by atoms with Crippen LogP contribution in [0.5, 0.6) is 0 Å². The Bertz CT molecular complexity index is 799. The molecule has 2 N–H and O–H groups in total. The summed E-state index contributed by atoms with van der Waals surface area (Å²) < 4.78 is 1.12. The predicted molar refractivity (Wildman–Crippen MR) is 84.8 cm³/mol. The minimum Gasteiger partial charge on any atom is -0.354 e. The van der Waals surface area contributed by atoms with Crippen molar-refractivity contribution in [3.8, 4) is 0 Å². The number of fused-ring (bicyclic) bond motifs is 1. The van der Waals surface area contributed by atoms with Crippen LogP contribution in [0.1, 0.15) is 19.3 Å². The van der Waals surface area contributed by atoms with Gasteiger partial charge < -0.3 is 10.6 Å². The largest absolute Gasteiger partial charge is 0.354 e.